The zero-order chi connectivity index (χ0) is 16.0. The molecule has 5 nitrogen and oxygen atoms in total. The fourth-order valence-corrected chi connectivity index (χ4v) is 3.54. The lowest BCUT2D eigenvalue weighted by Crippen LogP contribution is -2.55. The van der Waals surface area contributed by atoms with Gasteiger partial charge in [-0.15, -0.1) is 24.8 Å². The monoisotopic (exact) mass is 383 g/mol. The van der Waals surface area contributed by atoms with Crippen molar-refractivity contribution in [3.63, 3.8) is 0 Å². The Kier molecular flexibility index (Phi) is 11.5. The molecule has 2 heterocycles. The molecule has 24 heavy (non-hydrogen) atoms. The summed E-state index contributed by atoms with van der Waals surface area (Å²) in [6, 6.07) is 0. The minimum absolute atomic E-state index is 0. The van der Waals surface area contributed by atoms with Gasteiger partial charge in [0.1, 0.15) is 0 Å². The van der Waals surface area contributed by atoms with E-state index in [1.54, 1.807) is 0 Å². The van der Waals surface area contributed by atoms with Gasteiger partial charge in [0.05, 0.1) is 13.2 Å². The van der Waals surface area contributed by atoms with Crippen molar-refractivity contribution in [2.24, 2.45) is 11.8 Å². The van der Waals surface area contributed by atoms with E-state index in [1.807, 2.05) is 0 Å². The van der Waals surface area contributed by atoms with Crippen LogP contribution in [0.5, 0.6) is 0 Å². The largest absolute Gasteiger partial charge is 0.379 e. The third kappa shape index (κ3) is 7.44. The van der Waals surface area contributed by atoms with E-state index in [0.717, 1.165) is 39.4 Å². The molecule has 2 aliphatic heterocycles. The molecule has 2 saturated heterocycles. The Morgan fingerprint density at radius 2 is 1.83 bits per heavy atom. The van der Waals surface area contributed by atoms with Crippen molar-refractivity contribution >= 4 is 30.7 Å². The Balaban J connectivity index is 0.00000264. The number of rotatable bonds is 6. The topological polar surface area (TPSA) is 53.6 Å². The number of morpholine rings is 1. The molecule has 2 aliphatic rings. The van der Waals surface area contributed by atoms with Gasteiger partial charge in [0.15, 0.2) is 0 Å². The number of nitrogens with zero attached hydrogens (tertiary/aromatic N) is 1. The molecular weight excluding hydrogens is 349 g/mol. The van der Waals surface area contributed by atoms with E-state index in [2.05, 4.69) is 36.3 Å². The van der Waals surface area contributed by atoms with E-state index in [4.69, 9.17) is 4.74 Å². The highest BCUT2D eigenvalue weighted by Crippen LogP contribution is 2.24. The minimum atomic E-state index is -0.00254. The second kappa shape index (κ2) is 11.5. The van der Waals surface area contributed by atoms with Gasteiger partial charge in [-0.3, -0.25) is 9.69 Å². The van der Waals surface area contributed by atoms with Gasteiger partial charge in [-0.05, 0) is 51.6 Å². The molecule has 7 heteroatoms. The molecule has 1 unspecified atom stereocenters. The van der Waals surface area contributed by atoms with E-state index < -0.39 is 0 Å². The molecular formula is C17H35Cl2N3O2. The Hall–Kier alpha value is -0.0700. The summed E-state index contributed by atoms with van der Waals surface area (Å²) in [7, 11) is 0. The SMILES string of the molecule is CC(CC(=O)NCC(C)(C)N1CCOCC1)C1CCNCC1.Cl.Cl. The third-order valence-electron chi connectivity index (χ3n) is 5.28. The zero-order valence-corrected chi connectivity index (χ0v) is 16.9. The average molecular weight is 384 g/mol. The molecule has 0 aromatic heterocycles. The van der Waals surface area contributed by atoms with Gasteiger partial charge in [0, 0.05) is 31.6 Å². The fourth-order valence-electron chi connectivity index (χ4n) is 3.54. The molecule has 0 saturated carbocycles. The van der Waals surface area contributed by atoms with Gasteiger partial charge in [-0.25, -0.2) is 0 Å². The number of carbonyl (C=O) groups is 1. The predicted octanol–water partition coefficient (Wildman–Crippen LogP) is 2.08. The molecule has 2 fully saturated rings. The molecule has 2 N–H and O–H groups in total. The maximum atomic E-state index is 12.3. The number of hydrogen-bond donors (Lipinski definition) is 2. The summed E-state index contributed by atoms with van der Waals surface area (Å²) >= 11 is 0. The standard InChI is InChI=1S/C17H33N3O2.2ClH/c1-14(15-4-6-18-7-5-15)12-16(21)19-13-17(2,3)20-8-10-22-11-9-20;;/h14-15,18H,4-13H2,1-3H3,(H,19,21);2*1H. The van der Waals surface area contributed by atoms with Crippen LogP contribution in [0.4, 0.5) is 0 Å². The predicted molar refractivity (Wildman–Crippen MR) is 103 cm³/mol. The minimum Gasteiger partial charge on any atom is -0.379 e. The van der Waals surface area contributed by atoms with Crippen LogP contribution in [-0.4, -0.2) is 62.3 Å². The number of amides is 1. The molecule has 0 spiro atoms. The van der Waals surface area contributed by atoms with Crippen LogP contribution in [0.1, 0.15) is 40.0 Å². The molecule has 0 radical (unpaired) electrons. The van der Waals surface area contributed by atoms with Crippen molar-refractivity contribution < 1.29 is 9.53 Å². The summed E-state index contributed by atoms with van der Waals surface area (Å²) in [6.07, 6.45) is 3.06. The first kappa shape index (κ1) is 23.9. The van der Waals surface area contributed by atoms with E-state index in [0.29, 0.717) is 24.8 Å². The lowest BCUT2D eigenvalue weighted by molar-refractivity contribution is -0.123. The first-order valence-corrected chi connectivity index (χ1v) is 8.79. The zero-order valence-electron chi connectivity index (χ0n) is 15.3. The van der Waals surface area contributed by atoms with Crippen LogP contribution in [-0.2, 0) is 9.53 Å². The van der Waals surface area contributed by atoms with E-state index in [1.165, 1.54) is 12.8 Å². The molecule has 1 atom stereocenters. The summed E-state index contributed by atoms with van der Waals surface area (Å²) in [5, 5.41) is 6.54. The Bertz CT molecular complexity index is 358. The number of ether oxygens (including phenoxy) is 1. The van der Waals surface area contributed by atoms with Crippen LogP contribution >= 0.6 is 24.8 Å². The number of piperidine rings is 1. The van der Waals surface area contributed by atoms with E-state index in [-0.39, 0.29) is 36.3 Å². The molecule has 0 bridgehead atoms. The number of carbonyl (C=O) groups excluding carboxylic acids is 1. The van der Waals surface area contributed by atoms with Crippen molar-refractivity contribution in [2.75, 3.05) is 45.9 Å². The molecule has 144 valence electrons. The van der Waals surface area contributed by atoms with Gasteiger partial charge >= 0.3 is 0 Å². The van der Waals surface area contributed by atoms with Crippen molar-refractivity contribution in [3.05, 3.63) is 0 Å². The van der Waals surface area contributed by atoms with Crippen LogP contribution in [0.3, 0.4) is 0 Å². The van der Waals surface area contributed by atoms with Crippen LogP contribution in [0.2, 0.25) is 0 Å². The molecule has 0 aromatic rings. The molecule has 0 aliphatic carbocycles. The molecule has 2 rings (SSSR count). The number of nitrogens with one attached hydrogen (secondary N) is 2. The highest BCUT2D eigenvalue weighted by Gasteiger charge is 2.29. The van der Waals surface area contributed by atoms with Crippen LogP contribution in [0, 0.1) is 11.8 Å². The second-order valence-corrected chi connectivity index (χ2v) is 7.46. The van der Waals surface area contributed by atoms with Gasteiger partial charge in [-0.1, -0.05) is 6.92 Å². The van der Waals surface area contributed by atoms with Crippen LogP contribution in [0.25, 0.3) is 0 Å². The van der Waals surface area contributed by atoms with Gasteiger partial charge in [-0.2, -0.15) is 0 Å². The molecule has 1 amide bonds. The maximum absolute atomic E-state index is 12.3. The highest BCUT2D eigenvalue weighted by atomic mass is 35.5. The van der Waals surface area contributed by atoms with Crippen molar-refractivity contribution in [3.8, 4) is 0 Å². The van der Waals surface area contributed by atoms with Gasteiger partial charge in [0.25, 0.3) is 0 Å². The third-order valence-corrected chi connectivity index (χ3v) is 5.28. The molecule has 0 aromatic carbocycles. The quantitative estimate of drug-likeness (QED) is 0.736. The summed E-state index contributed by atoms with van der Waals surface area (Å²) in [5.74, 6) is 1.38. The van der Waals surface area contributed by atoms with E-state index >= 15 is 0 Å². The first-order valence-electron chi connectivity index (χ1n) is 8.79. The van der Waals surface area contributed by atoms with Crippen molar-refractivity contribution in [2.45, 2.75) is 45.6 Å². The van der Waals surface area contributed by atoms with Crippen molar-refractivity contribution in [1.82, 2.24) is 15.5 Å². The smallest absolute Gasteiger partial charge is 0.220 e. The second-order valence-electron chi connectivity index (χ2n) is 7.46. The van der Waals surface area contributed by atoms with Crippen molar-refractivity contribution in [1.29, 1.82) is 0 Å². The summed E-state index contributed by atoms with van der Waals surface area (Å²) in [5.41, 5.74) is -0.00254. The fraction of sp³-hybridized carbons (Fsp3) is 0.941. The van der Waals surface area contributed by atoms with Crippen LogP contribution < -0.4 is 10.6 Å². The van der Waals surface area contributed by atoms with Gasteiger partial charge in [0.2, 0.25) is 5.91 Å². The number of halogens is 2. The van der Waals surface area contributed by atoms with Crippen LogP contribution in [0.15, 0.2) is 0 Å². The summed E-state index contributed by atoms with van der Waals surface area (Å²) in [4.78, 5) is 14.7. The average Bonchev–Trinajstić information content (AvgIpc) is 2.55. The van der Waals surface area contributed by atoms with Gasteiger partial charge < -0.3 is 15.4 Å². The number of hydrogen-bond acceptors (Lipinski definition) is 4. The Morgan fingerprint density at radius 3 is 2.42 bits per heavy atom. The normalized spacial score (nSPS) is 21.3. The highest BCUT2D eigenvalue weighted by molar-refractivity contribution is 5.85. The Morgan fingerprint density at radius 1 is 1.25 bits per heavy atom. The lowest BCUT2D eigenvalue weighted by atomic mass is 9.84. The Labute approximate surface area is 159 Å². The lowest BCUT2D eigenvalue weighted by Gasteiger charge is -2.41. The summed E-state index contributed by atoms with van der Waals surface area (Å²) in [6.45, 7) is 13.0. The maximum Gasteiger partial charge on any atom is 0.220 e. The first-order chi connectivity index (χ1) is 10.5. The van der Waals surface area contributed by atoms with E-state index in [9.17, 15) is 4.79 Å². The summed E-state index contributed by atoms with van der Waals surface area (Å²) < 4.78 is 5.41.